The van der Waals surface area contributed by atoms with E-state index in [1.165, 1.54) is 10.4 Å². The fourth-order valence-corrected chi connectivity index (χ4v) is 2.17. The Morgan fingerprint density at radius 1 is 1.33 bits per heavy atom. The number of hydrogen-bond acceptors (Lipinski definition) is 3. The molecule has 0 aliphatic rings. The second-order valence-corrected chi connectivity index (χ2v) is 4.21. The number of nitrogens with one attached hydrogen (secondary N) is 1. The zero-order valence-corrected chi connectivity index (χ0v) is 10.2. The van der Waals surface area contributed by atoms with E-state index >= 15 is 0 Å². The first-order valence-electron chi connectivity index (χ1n) is 4.62. The van der Waals surface area contributed by atoms with Crippen molar-refractivity contribution in [3.05, 3.63) is 46.0 Å². The Labute approximate surface area is 99.7 Å². The van der Waals surface area contributed by atoms with Gasteiger partial charge in [0.05, 0.1) is 12.8 Å². The molecule has 2 rings (SSSR count). The van der Waals surface area contributed by atoms with E-state index in [9.17, 15) is 0 Å². The maximum absolute atomic E-state index is 5.22. The molecule has 0 spiro atoms. The SMILES string of the molecule is Cc1ccsc1CNCc1ccco1.Cl. The third kappa shape index (κ3) is 3.38. The van der Waals surface area contributed by atoms with Crippen molar-refractivity contribution < 1.29 is 4.42 Å². The Bertz CT molecular complexity index is 383. The molecule has 0 bridgehead atoms. The van der Waals surface area contributed by atoms with Gasteiger partial charge in [0.25, 0.3) is 0 Å². The molecule has 0 saturated carbocycles. The Hall–Kier alpha value is -0.770. The number of aryl methyl sites for hydroxylation is 1. The molecule has 15 heavy (non-hydrogen) atoms. The average molecular weight is 244 g/mol. The minimum absolute atomic E-state index is 0. The van der Waals surface area contributed by atoms with E-state index in [2.05, 4.69) is 23.7 Å². The highest BCUT2D eigenvalue weighted by atomic mass is 35.5. The summed E-state index contributed by atoms with van der Waals surface area (Å²) in [6, 6.07) is 6.04. The quantitative estimate of drug-likeness (QED) is 0.891. The molecule has 0 fully saturated rings. The van der Waals surface area contributed by atoms with Crippen LogP contribution in [0.1, 0.15) is 16.2 Å². The van der Waals surface area contributed by atoms with Gasteiger partial charge in [0, 0.05) is 11.4 Å². The normalized spacial score (nSPS) is 9.93. The Morgan fingerprint density at radius 2 is 2.20 bits per heavy atom. The van der Waals surface area contributed by atoms with E-state index in [4.69, 9.17) is 4.42 Å². The highest BCUT2D eigenvalue weighted by Gasteiger charge is 1.99. The minimum Gasteiger partial charge on any atom is -0.468 e. The largest absolute Gasteiger partial charge is 0.468 e. The molecular weight excluding hydrogens is 230 g/mol. The number of rotatable bonds is 4. The monoisotopic (exact) mass is 243 g/mol. The molecule has 0 aromatic carbocycles. The summed E-state index contributed by atoms with van der Waals surface area (Å²) in [5.74, 6) is 0.985. The van der Waals surface area contributed by atoms with Gasteiger partial charge in [-0.15, -0.1) is 23.7 Å². The van der Waals surface area contributed by atoms with E-state index in [1.54, 1.807) is 17.6 Å². The van der Waals surface area contributed by atoms with Crippen molar-refractivity contribution in [2.45, 2.75) is 20.0 Å². The molecule has 2 aromatic heterocycles. The summed E-state index contributed by atoms with van der Waals surface area (Å²) < 4.78 is 5.22. The summed E-state index contributed by atoms with van der Waals surface area (Å²) in [5, 5.41) is 5.47. The first-order valence-corrected chi connectivity index (χ1v) is 5.50. The highest BCUT2D eigenvalue weighted by Crippen LogP contribution is 2.14. The fraction of sp³-hybridized carbons (Fsp3) is 0.273. The van der Waals surface area contributed by atoms with Crippen molar-refractivity contribution in [2.75, 3.05) is 0 Å². The number of hydrogen-bond donors (Lipinski definition) is 1. The molecule has 2 aromatic rings. The topological polar surface area (TPSA) is 25.2 Å². The summed E-state index contributed by atoms with van der Waals surface area (Å²) in [4.78, 5) is 1.40. The molecule has 0 aliphatic heterocycles. The van der Waals surface area contributed by atoms with Gasteiger partial charge in [0.2, 0.25) is 0 Å². The summed E-state index contributed by atoms with van der Waals surface area (Å²) >= 11 is 1.79. The van der Waals surface area contributed by atoms with Crippen LogP contribution in [0.4, 0.5) is 0 Å². The van der Waals surface area contributed by atoms with Gasteiger partial charge in [-0.2, -0.15) is 0 Å². The molecule has 82 valence electrons. The van der Waals surface area contributed by atoms with Crippen molar-refractivity contribution in [1.82, 2.24) is 5.32 Å². The van der Waals surface area contributed by atoms with Gasteiger partial charge in [0.15, 0.2) is 0 Å². The first kappa shape index (κ1) is 12.3. The standard InChI is InChI=1S/C11H13NOS.ClH/c1-9-4-6-14-11(9)8-12-7-10-3-2-5-13-10;/h2-6,12H,7-8H2,1H3;1H. The van der Waals surface area contributed by atoms with Crippen molar-refractivity contribution in [3.63, 3.8) is 0 Å². The van der Waals surface area contributed by atoms with Gasteiger partial charge in [-0.3, -0.25) is 0 Å². The molecule has 2 heterocycles. The molecule has 0 aliphatic carbocycles. The smallest absolute Gasteiger partial charge is 0.117 e. The van der Waals surface area contributed by atoms with Crippen molar-refractivity contribution in [2.24, 2.45) is 0 Å². The van der Waals surface area contributed by atoms with E-state index < -0.39 is 0 Å². The minimum atomic E-state index is 0. The molecule has 0 atom stereocenters. The summed E-state index contributed by atoms with van der Waals surface area (Å²) in [7, 11) is 0. The van der Waals surface area contributed by atoms with Crippen LogP contribution in [0.25, 0.3) is 0 Å². The van der Waals surface area contributed by atoms with Crippen LogP contribution in [0.3, 0.4) is 0 Å². The molecule has 0 unspecified atom stereocenters. The lowest BCUT2D eigenvalue weighted by Crippen LogP contribution is -2.11. The molecule has 1 N–H and O–H groups in total. The average Bonchev–Trinajstić information content (AvgIpc) is 2.78. The second-order valence-electron chi connectivity index (χ2n) is 3.21. The van der Waals surface area contributed by atoms with Crippen LogP contribution in [-0.2, 0) is 13.1 Å². The third-order valence-electron chi connectivity index (χ3n) is 2.13. The molecule has 4 heteroatoms. The molecule has 0 saturated heterocycles. The van der Waals surface area contributed by atoms with E-state index in [0.717, 1.165) is 18.8 Å². The highest BCUT2D eigenvalue weighted by molar-refractivity contribution is 7.10. The summed E-state index contributed by atoms with van der Waals surface area (Å²) in [6.45, 7) is 3.86. The zero-order chi connectivity index (χ0) is 9.80. The van der Waals surface area contributed by atoms with Crippen LogP contribution in [-0.4, -0.2) is 0 Å². The lowest BCUT2D eigenvalue weighted by Gasteiger charge is -2.01. The van der Waals surface area contributed by atoms with Gasteiger partial charge in [-0.25, -0.2) is 0 Å². The number of halogens is 1. The summed E-state index contributed by atoms with van der Waals surface area (Å²) in [6.07, 6.45) is 1.70. The molecule has 2 nitrogen and oxygen atoms in total. The Morgan fingerprint density at radius 3 is 2.80 bits per heavy atom. The fourth-order valence-electron chi connectivity index (χ4n) is 1.30. The van der Waals surface area contributed by atoms with Crippen LogP contribution in [0.5, 0.6) is 0 Å². The van der Waals surface area contributed by atoms with Gasteiger partial charge >= 0.3 is 0 Å². The van der Waals surface area contributed by atoms with E-state index in [1.807, 2.05) is 12.1 Å². The van der Waals surface area contributed by atoms with Gasteiger partial charge in [-0.05, 0) is 36.1 Å². The molecule has 0 radical (unpaired) electrons. The summed E-state index contributed by atoms with van der Waals surface area (Å²) in [5.41, 5.74) is 1.36. The van der Waals surface area contributed by atoms with Crippen molar-refractivity contribution in [1.29, 1.82) is 0 Å². The van der Waals surface area contributed by atoms with Crippen LogP contribution >= 0.6 is 23.7 Å². The second kappa shape index (κ2) is 5.95. The van der Waals surface area contributed by atoms with E-state index in [-0.39, 0.29) is 12.4 Å². The maximum Gasteiger partial charge on any atom is 0.117 e. The lowest BCUT2D eigenvalue weighted by atomic mass is 10.3. The predicted octanol–water partition coefficient (Wildman–Crippen LogP) is 3.36. The third-order valence-corrected chi connectivity index (χ3v) is 3.16. The first-order chi connectivity index (χ1) is 6.86. The van der Waals surface area contributed by atoms with Crippen molar-refractivity contribution in [3.8, 4) is 0 Å². The van der Waals surface area contributed by atoms with Crippen molar-refractivity contribution >= 4 is 23.7 Å². The van der Waals surface area contributed by atoms with Crippen LogP contribution in [0.15, 0.2) is 34.3 Å². The lowest BCUT2D eigenvalue weighted by molar-refractivity contribution is 0.483. The van der Waals surface area contributed by atoms with Crippen LogP contribution in [0.2, 0.25) is 0 Å². The Kier molecular flexibility index (Phi) is 4.88. The van der Waals surface area contributed by atoms with E-state index in [0.29, 0.717) is 0 Å². The van der Waals surface area contributed by atoms with Gasteiger partial charge < -0.3 is 9.73 Å². The van der Waals surface area contributed by atoms with Crippen LogP contribution in [0, 0.1) is 6.92 Å². The maximum atomic E-state index is 5.22. The predicted molar refractivity (Wildman–Crippen MR) is 65.6 cm³/mol. The zero-order valence-electron chi connectivity index (χ0n) is 8.53. The van der Waals surface area contributed by atoms with Gasteiger partial charge in [0.1, 0.15) is 5.76 Å². The Balaban J connectivity index is 0.00000112. The number of thiophene rings is 1. The molecule has 0 amide bonds. The molecular formula is C11H14ClNOS. The number of furan rings is 1. The van der Waals surface area contributed by atoms with Gasteiger partial charge in [-0.1, -0.05) is 0 Å². The van der Waals surface area contributed by atoms with Crippen LogP contribution < -0.4 is 5.32 Å².